The van der Waals surface area contributed by atoms with Gasteiger partial charge < -0.3 is 0 Å². The average molecular weight is 470 g/mol. The third-order valence-corrected chi connectivity index (χ3v) is 6.94. The maximum Gasteiger partial charge on any atom is 0.275 e. The van der Waals surface area contributed by atoms with Crippen LogP contribution in [0.3, 0.4) is 0 Å². The number of imide groups is 2. The minimum atomic E-state index is -0.654. The van der Waals surface area contributed by atoms with Crippen molar-refractivity contribution in [2.24, 2.45) is 5.84 Å². The van der Waals surface area contributed by atoms with Gasteiger partial charge in [0.05, 0.1) is 16.8 Å². The molecule has 178 valence electrons. The average Bonchev–Trinajstić information content (AvgIpc) is 2.87. The van der Waals surface area contributed by atoms with Gasteiger partial charge in [0.1, 0.15) is 0 Å². The largest absolute Gasteiger partial charge is 0.275 e. The fourth-order valence-corrected chi connectivity index (χ4v) is 5.04. The molecule has 3 aromatic rings. The van der Waals surface area contributed by atoms with E-state index in [-0.39, 0.29) is 11.1 Å². The Hall–Kier alpha value is -3.84. The lowest BCUT2D eigenvalue weighted by atomic mass is 9.86. The number of hydrazine groups is 1. The van der Waals surface area contributed by atoms with Crippen LogP contribution in [0.15, 0.2) is 42.5 Å². The second-order valence-corrected chi connectivity index (χ2v) is 9.17. The number of carbonyl (C=O) groups excluding carboxylic acids is 4. The molecule has 0 aromatic heterocycles. The van der Waals surface area contributed by atoms with Crippen LogP contribution in [0.25, 0.3) is 10.8 Å². The molecule has 2 aliphatic heterocycles. The number of nitrogens with two attached hydrogens (primary N) is 1. The number of unbranched alkanes of at least 4 members (excludes halogenated alkanes) is 2. The highest BCUT2D eigenvalue weighted by atomic mass is 16.2. The Bertz CT molecular complexity index is 1350. The Morgan fingerprint density at radius 1 is 0.657 bits per heavy atom. The summed E-state index contributed by atoms with van der Waals surface area (Å²) in [5, 5.41) is 1.24. The topological polar surface area (TPSA) is 101 Å². The number of nitrogens with zero attached hydrogens (tertiary/aromatic N) is 2. The molecule has 0 fully saturated rings. The van der Waals surface area contributed by atoms with Gasteiger partial charge >= 0.3 is 0 Å². The second kappa shape index (κ2) is 8.74. The van der Waals surface area contributed by atoms with Crippen LogP contribution in [0.2, 0.25) is 0 Å². The Balaban J connectivity index is 1.70. The van der Waals surface area contributed by atoms with E-state index in [1.165, 1.54) is 17.0 Å². The summed E-state index contributed by atoms with van der Waals surface area (Å²) in [5.41, 5.74) is 3.66. The summed E-state index contributed by atoms with van der Waals surface area (Å²) in [5.74, 6) is 3.47. The highest BCUT2D eigenvalue weighted by Crippen LogP contribution is 2.39. The van der Waals surface area contributed by atoms with E-state index >= 15 is 0 Å². The molecular weight excluding hydrogens is 442 g/mol. The minimum absolute atomic E-state index is 0.210. The monoisotopic (exact) mass is 469 g/mol. The highest BCUT2D eigenvalue weighted by Gasteiger charge is 2.40. The van der Waals surface area contributed by atoms with Crippen LogP contribution in [-0.2, 0) is 12.8 Å². The summed E-state index contributed by atoms with van der Waals surface area (Å²) in [6.07, 6.45) is 5.62. The molecule has 0 spiro atoms. The van der Waals surface area contributed by atoms with Crippen molar-refractivity contribution in [3.8, 4) is 0 Å². The van der Waals surface area contributed by atoms with Crippen molar-refractivity contribution in [1.82, 2.24) is 5.01 Å². The predicted octanol–water partition coefficient (Wildman–Crippen LogP) is 4.80. The molecule has 0 saturated heterocycles. The van der Waals surface area contributed by atoms with E-state index in [1.54, 1.807) is 12.1 Å². The summed E-state index contributed by atoms with van der Waals surface area (Å²) in [4.78, 5) is 54.2. The van der Waals surface area contributed by atoms with Crippen molar-refractivity contribution >= 4 is 40.1 Å². The maximum atomic E-state index is 13.8. The van der Waals surface area contributed by atoms with Gasteiger partial charge in [0.25, 0.3) is 23.6 Å². The van der Waals surface area contributed by atoms with E-state index in [4.69, 9.17) is 5.84 Å². The van der Waals surface area contributed by atoms with Gasteiger partial charge in [0.15, 0.2) is 0 Å². The first-order valence-corrected chi connectivity index (χ1v) is 12.1. The number of anilines is 1. The summed E-state index contributed by atoms with van der Waals surface area (Å²) >= 11 is 0. The van der Waals surface area contributed by atoms with Crippen LogP contribution in [-0.4, -0.2) is 28.6 Å². The van der Waals surface area contributed by atoms with Gasteiger partial charge in [-0.1, -0.05) is 38.8 Å². The number of amides is 4. The van der Waals surface area contributed by atoms with Gasteiger partial charge in [-0.2, -0.15) is 0 Å². The van der Waals surface area contributed by atoms with Crippen molar-refractivity contribution in [3.63, 3.8) is 0 Å². The van der Waals surface area contributed by atoms with E-state index in [1.807, 2.05) is 12.1 Å². The quantitative estimate of drug-likeness (QED) is 0.304. The highest BCUT2D eigenvalue weighted by molar-refractivity contribution is 6.39. The van der Waals surface area contributed by atoms with Gasteiger partial charge in [-0.05, 0) is 67.1 Å². The first kappa shape index (κ1) is 22.9. The summed E-state index contributed by atoms with van der Waals surface area (Å²) < 4.78 is 0. The Morgan fingerprint density at radius 3 is 1.66 bits per heavy atom. The number of rotatable bonds is 7. The summed E-state index contributed by atoms with van der Waals surface area (Å²) in [7, 11) is 0. The molecule has 0 aliphatic carbocycles. The van der Waals surface area contributed by atoms with Gasteiger partial charge in [-0.15, -0.1) is 0 Å². The molecule has 0 bridgehead atoms. The van der Waals surface area contributed by atoms with Gasteiger partial charge in [0, 0.05) is 21.9 Å². The molecule has 2 heterocycles. The van der Waals surface area contributed by atoms with Gasteiger partial charge in [0.2, 0.25) is 0 Å². The standard InChI is InChI=1S/C28H27N3O4/c1-3-5-7-16-9-10-17(8-6-4-2)22(15-16)30-25(32)18-11-13-20-24-21(28(35)31(29)27(20)34)14-12-19(23(18)24)26(30)33/h9-15H,3-8,29H2,1-2H3. The van der Waals surface area contributed by atoms with Crippen LogP contribution in [0.5, 0.6) is 0 Å². The maximum absolute atomic E-state index is 13.8. The fourth-order valence-electron chi connectivity index (χ4n) is 5.04. The first-order valence-electron chi connectivity index (χ1n) is 12.1. The number of hydrogen-bond acceptors (Lipinski definition) is 5. The van der Waals surface area contributed by atoms with Crippen molar-refractivity contribution in [3.05, 3.63) is 75.8 Å². The van der Waals surface area contributed by atoms with Crippen LogP contribution < -0.4 is 10.7 Å². The molecule has 0 radical (unpaired) electrons. The van der Waals surface area contributed by atoms with E-state index < -0.39 is 23.6 Å². The first-order chi connectivity index (χ1) is 16.9. The van der Waals surface area contributed by atoms with Crippen molar-refractivity contribution in [2.45, 2.75) is 52.4 Å². The minimum Gasteiger partial charge on any atom is -0.268 e. The lowest BCUT2D eigenvalue weighted by molar-refractivity contribution is 0.0608. The number of hydrogen-bond donors (Lipinski definition) is 1. The predicted molar refractivity (Wildman–Crippen MR) is 133 cm³/mol. The molecule has 7 nitrogen and oxygen atoms in total. The van der Waals surface area contributed by atoms with Crippen molar-refractivity contribution in [2.75, 3.05) is 4.90 Å². The molecule has 0 atom stereocenters. The van der Waals surface area contributed by atoms with Crippen LogP contribution in [0.1, 0.15) is 92.1 Å². The SMILES string of the molecule is CCCCc1ccc(CCCC)c(N2C(=O)c3ccc4c5c(ccc(c35)C2=O)C(=O)N(N)C4=O)c1. The third kappa shape index (κ3) is 3.46. The molecule has 7 heteroatoms. The third-order valence-electron chi connectivity index (χ3n) is 6.94. The normalized spacial score (nSPS) is 14.9. The van der Waals surface area contributed by atoms with Gasteiger partial charge in [-0.25, -0.2) is 15.8 Å². The van der Waals surface area contributed by atoms with E-state index in [0.717, 1.165) is 49.7 Å². The molecule has 0 saturated carbocycles. The summed E-state index contributed by atoms with van der Waals surface area (Å²) in [6, 6.07) is 12.2. The van der Waals surface area contributed by atoms with Crippen molar-refractivity contribution < 1.29 is 19.2 Å². The zero-order chi connectivity index (χ0) is 24.9. The van der Waals surface area contributed by atoms with Crippen molar-refractivity contribution in [1.29, 1.82) is 0 Å². The van der Waals surface area contributed by atoms with Crippen LogP contribution >= 0.6 is 0 Å². The number of carbonyl (C=O) groups is 4. The molecule has 35 heavy (non-hydrogen) atoms. The smallest absolute Gasteiger partial charge is 0.268 e. The fraction of sp³-hybridized carbons (Fsp3) is 0.286. The zero-order valence-electron chi connectivity index (χ0n) is 19.9. The van der Waals surface area contributed by atoms with Gasteiger partial charge in [-0.3, -0.25) is 19.2 Å². The van der Waals surface area contributed by atoms with Crippen LogP contribution in [0.4, 0.5) is 5.69 Å². The Kier molecular flexibility index (Phi) is 5.73. The van der Waals surface area contributed by atoms with E-state index in [9.17, 15) is 19.2 Å². The molecule has 0 unspecified atom stereocenters. The lowest BCUT2D eigenvalue weighted by Crippen LogP contribution is -2.46. The second-order valence-electron chi connectivity index (χ2n) is 9.17. The lowest BCUT2D eigenvalue weighted by Gasteiger charge is -2.31. The number of benzene rings is 3. The Morgan fingerprint density at radius 2 is 1.14 bits per heavy atom. The molecule has 2 aliphatic rings. The molecular formula is C28H27N3O4. The summed E-state index contributed by atoms with van der Waals surface area (Å²) in [6.45, 7) is 4.23. The zero-order valence-corrected chi connectivity index (χ0v) is 19.9. The Labute approximate surface area is 203 Å². The molecule has 3 aromatic carbocycles. The molecule has 4 amide bonds. The molecule has 5 rings (SSSR count). The van der Waals surface area contributed by atoms with Crippen LogP contribution in [0, 0.1) is 0 Å². The van der Waals surface area contributed by atoms with E-state index in [2.05, 4.69) is 19.9 Å². The molecule has 2 N–H and O–H groups in total. The number of aryl methyl sites for hydroxylation is 2. The van der Waals surface area contributed by atoms with E-state index in [0.29, 0.717) is 32.6 Å².